The van der Waals surface area contributed by atoms with Gasteiger partial charge in [-0.1, -0.05) is 132 Å². The highest BCUT2D eigenvalue weighted by Crippen LogP contribution is 2.44. The average molecular weight is 1550 g/mol. The number of amides is 2. The molecule has 4 aliphatic heterocycles. The number of aliphatic hydroxyl groups is 2. The molecule has 2 atom stereocenters. The molecule has 0 aromatic heterocycles. The smallest absolute Gasteiger partial charge is 0.384 e. The topological polar surface area (TPSA) is 113 Å². The third-order valence-corrected chi connectivity index (χ3v) is 16.9. The molecule has 2 saturated heterocycles. The molecule has 106 heavy (non-hydrogen) atoms. The number of carbonyl (C=O) groups is 2. The van der Waals surface area contributed by atoms with Crippen LogP contribution in [0.25, 0.3) is 22.3 Å². The minimum Gasteiger partial charge on any atom is -0.384 e. The molecule has 12 nitrogen and oxygen atoms in total. The van der Waals surface area contributed by atoms with Gasteiger partial charge < -0.3 is 49.1 Å². The monoisotopic (exact) mass is 1540 g/mol. The Kier molecular flexibility index (Phi) is 13.6. The molecule has 12 rings (SSSR count). The summed E-state index contributed by atoms with van der Waals surface area (Å²) in [6, 6.07) is 1.25. The SMILES string of the molecule is [2H]C1=C(SC([2H])([2H])c2cccc(F)c2F)N(C([2H])([2H])C(=O)N(C([2H])([2H])c2ccc(-c3ccc(C(F)(F)F)cc3)cc2)C2([2H])C([2H])([2H])C([2H])([2H])N(CCOC([2H])([2H])[2H])C([2H])([2H])C2([2H])[2H])c2c([2H])c([2H])c(C)c([2H])c2C1O.[2H]C1=C(SCc2cccc(F)c2F)N(C([2H])([2H])C(=O)N(C([2H])([2H])c2ccc(-c3ccc(C(F)(F)F)cc3)cc2)C2([2H])C([2H])([2H])C([2H])([2H])N(CCOC([2H])([2H])[2H])C([2H])([2H])C2([2H])[2H])c2c([2H])c([2H])c(C)c([2H])c2C1O. The molecule has 0 bridgehead atoms. The number of piperidine rings is 2. The van der Waals surface area contributed by atoms with Gasteiger partial charge in [-0.15, -0.1) is 23.5 Å². The lowest BCUT2D eigenvalue weighted by molar-refractivity contribution is -0.138. The van der Waals surface area contributed by atoms with E-state index in [0.29, 0.717) is 24.3 Å². The number of alkyl halides is 6. The van der Waals surface area contributed by atoms with E-state index in [0.717, 1.165) is 123 Å². The van der Waals surface area contributed by atoms with Gasteiger partial charge >= 0.3 is 12.4 Å². The fourth-order valence-electron chi connectivity index (χ4n) is 9.84. The van der Waals surface area contributed by atoms with Gasteiger partial charge in [0.2, 0.25) is 11.8 Å². The first-order chi connectivity index (χ1) is 67.1. The van der Waals surface area contributed by atoms with Crippen molar-refractivity contribution in [1.82, 2.24) is 19.6 Å². The van der Waals surface area contributed by atoms with Crippen molar-refractivity contribution in [2.24, 2.45) is 0 Å². The normalized spacial score (nSPS) is 28.0. The van der Waals surface area contributed by atoms with Crippen molar-refractivity contribution in [1.29, 1.82) is 0 Å². The summed E-state index contributed by atoms with van der Waals surface area (Å²) in [6.45, 7) is -36.4. The van der Waals surface area contributed by atoms with Crippen LogP contribution in [0.5, 0.6) is 0 Å². The Balaban J connectivity index is 0.000000281. The molecule has 2 amide bonds. The van der Waals surface area contributed by atoms with Crippen LogP contribution in [0.2, 0.25) is 0 Å². The van der Waals surface area contributed by atoms with E-state index in [2.05, 4.69) is 9.47 Å². The number of hydrogen-bond acceptors (Lipinski definition) is 12. The lowest BCUT2D eigenvalue weighted by atomic mass is 9.99. The average Bonchev–Trinajstić information content (AvgIpc) is 0.659. The van der Waals surface area contributed by atoms with E-state index in [4.69, 9.17) is 32.9 Å². The number of likely N-dealkylation sites (tertiary alicyclic amines) is 2. The molecule has 560 valence electrons. The summed E-state index contributed by atoms with van der Waals surface area (Å²) in [4.78, 5) is 29.4. The molecule has 8 aromatic rings. The first-order valence-corrected chi connectivity index (χ1v) is 32.7. The summed E-state index contributed by atoms with van der Waals surface area (Å²) in [5.41, 5.74) is -13.6. The number of hydrogen-bond donors (Lipinski definition) is 2. The summed E-state index contributed by atoms with van der Waals surface area (Å²) >= 11 is -0.258. The quantitative estimate of drug-likeness (QED) is 0.0562. The van der Waals surface area contributed by atoms with E-state index in [1.807, 2.05) is 0 Å². The van der Waals surface area contributed by atoms with E-state index in [1.165, 1.54) is 0 Å². The van der Waals surface area contributed by atoms with Crippen molar-refractivity contribution in [3.05, 3.63) is 271 Å². The number of thioether (sulfide) groups is 2. The number of rotatable bonds is 24. The van der Waals surface area contributed by atoms with Gasteiger partial charge in [0.25, 0.3) is 0 Å². The van der Waals surface area contributed by atoms with E-state index in [-0.39, 0.29) is 59.2 Å². The summed E-state index contributed by atoms with van der Waals surface area (Å²) < 4.78 is 524. The number of benzene rings is 8. The first-order valence-electron chi connectivity index (χ1n) is 51.9. The zero-order valence-electron chi connectivity index (χ0n) is 96.7. The van der Waals surface area contributed by atoms with Crippen LogP contribution in [-0.4, -0.2) is 133 Å². The number of carbonyl (C=O) groups excluding carboxylic acids is 2. The minimum absolute atomic E-state index is 0.0147. The van der Waals surface area contributed by atoms with Gasteiger partial charge in [-0.2, -0.15) is 26.3 Å². The number of fused-ring (bicyclic) bond motifs is 2. The molecule has 4 heterocycles. The maximum Gasteiger partial charge on any atom is 0.416 e. The van der Waals surface area contributed by atoms with Gasteiger partial charge in [-0.3, -0.25) is 9.59 Å². The predicted molar refractivity (Wildman–Crippen MR) is 396 cm³/mol. The fraction of sp³-hybridized carbons (Fsp3) is 0.341. The Morgan fingerprint density at radius 2 is 0.934 bits per heavy atom. The molecular weight excluding hydrogens is 1420 g/mol. The second-order valence-corrected chi connectivity index (χ2v) is 24.1. The van der Waals surface area contributed by atoms with Crippen molar-refractivity contribution in [2.75, 3.05) is 89.2 Å². The highest BCUT2D eigenvalue weighted by Gasteiger charge is 2.37. The van der Waals surface area contributed by atoms with Crippen molar-refractivity contribution in [2.45, 2.75) is 100 Å². The predicted octanol–water partition coefficient (Wildman–Crippen LogP) is 17.5. The lowest BCUT2D eigenvalue weighted by Gasteiger charge is -2.40. The number of methoxy groups -OCH3 is 2. The van der Waals surface area contributed by atoms with Gasteiger partial charge in [0.15, 0.2) is 23.3 Å². The van der Waals surface area contributed by atoms with Crippen LogP contribution in [0.15, 0.2) is 192 Å². The van der Waals surface area contributed by atoms with E-state index < -0.39 is 342 Å². The standard InChI is InChI=1S/2C41H42F5N3O3S/c2*1-27-6-15-36-34(22-27)37(50)23-39(53-26-31-4-3-5-35(42)40(31)43)49(36)25-38(51)48(33-16-18-47(19-17-33)20-21-52-2)24-28-7-9-29(10-8-28)30-11-13-32(14-12-30)41(44,45)46/h2*3-15,22-23,33,37,50H,16-21,24-26H2,1-2H3/i2D3,6D,15D,16D2,17D2,18D2,19D2,22D,23D,24D2,25D2,26D2,33D;2D3,6D,15D,16D2,17D2,18D2,19D2,22D,23D,24D2,25D2,33D. The Morgan fingerprint density at radius 3 is 1.33 bits per heavy atom. The van der Waals surface area contributed by atoms with Crippen molar-refractivity contribution < 1.29 is 131 Å². The molecule has 4 aliphatic rings. The van der Waals surface area contributed by atoms with E-state index in [1.54, 1.807) is 0 Å². The second kappa shape index (κ2) is 35.5. The molecule has 0 aliphatic carbocycles. The van der Waals surface area contributed by atoms with Gasteiger partial charge in [-0.25, -0.2) is 17.6 Å². The number of ether oxygens (including phenoxy) is 2. The number of nitrogens with zero attached hydrogens (tertiary/aromatic N) is 6. The second-order valence-electron chi connectivity index (χ2n) is 22.4. The van der Waals surface area contributed by atoms with Gasteiger partial charge in [-0.05, 0) is 133 Å². The molecular formula is C82H84F10N6O6S2. The summed E-state index contributed by atoms with van der Waals surface area (Å²) in [5, 5.41) is 20.8. The van der Waals surface area contributed by atoms with Crippen LogP contribution in [-0.2, 0) is 55.9 Å². The molecule has 24 heteroatoms. The Labute approximate surface area is 678 Å². The van der Waals surface area contributed by atoms with E-state index >= 15 is 18.4 Å². The minimum atomic E-state index is -4.81. The van der Waals surface area contributed by atoms with Crippen molar-refractivity contribution >= 4 is 46.7 Å². The molecule has 2 N–H and O–H groups in total. The summed E-state index contributed by atoms with van der Waals surface area (Å²) in [6.07, 6.45) is -32.4. The first kappa shape index (κ1) is 40.7. The van der Waals surface area contributed by atoms with Crippen molar-refractivity contribution in [3.63, 3.8) is 0 Å². The fourth-order valence-corrected chi connectivity index (χ4v) is 11.6. The largest absolute Gasteiger partial charge is 0.416 e. The Morgan fingerprint density at radius 1 is 0.557 bits per heavy atom. The van der Waals surface area contributed by atoms with Gasteiger partial charge in [0.05, 0.1) is 67.3 Å². The summed E-state index contributed by atoms with van der Waals surface area (Å²) in [5.74, 6) is -12.4. The highest BCUT2D eigenvalue weighted by atomic mass is 32.2. The molecule has 0 spiro atoms. The molecule has 0 saturated carbocycles. The zero-order valence-corrected chi connectivity index (χ0v) is 56.3. The van der Waals surface area contributed by atoms with Crippen LogP contribution in [0, 0.1) is 37.1 Å². The van der Waals surface area contributed by atoms with Crippen LogP contribution >= 0.6 is 23.5 Å². The maximum absolute atomic E-state index is 15.8. The summed E-state index contributed by atoms with van der Waals surface area (Å²) in [7, 11) is -6.45. The van der Waals surface area contributed by atoms with Gasteiger partial charge in [0.1, 0.15) is 25.2 Å². The molecule has 2 fully saturated rings. The van der Waals surface area contributed by atoms with Crippen LogP contribution in [0.1, 0.15) is 151 Å². The van der Waals surface area contributed by atoms with Crippen LogP contribution < -0.4 is 9.80 Å². The maximum atomic E-state index is 15.8. The molecule has 0 radical (unpaired) electrons. The Hall–Kier alpha value is -8.46. The van der Waals surface area contributed by atoms with Gasteiger partial charge in [0, 0.05) is 148 Å². The number of aliphatic hydroxyl groups excluding tert-OH is 2. The zero-order chi connectivity index (χ0) is 113. The van der Waals surface area contributed by atoms with Crippen LogP contribution in [0.3, 0.4) is 0 Å². The molecule has 2 unspecified atom stereocenters. The number of anilines is 2. The highest BCUT2D eigenvalue weighted by molar-refractivity contribution is 8.02. The lowest BCUT2D eigenvalue weighted by Crippen LogP contribution is -2.50. The number of halogens is 10. The third kappa shape index (κ3) is 19.8. The van der Waals surface area contributed by atoms with Crippen LogP contribution in [0.4, 0.5) is 55.3 Å². The Bertz CT molecular complexity index is 6480. The third-order valence-electron chi connectivity index (χ3n) is 15.1. The van der Waals surface area contributed by atoms with E-state index in [9.17, 15) is 70.0 Å². The molecule has 8 aromatic carbocycles. The van der Waals surface area contributed by atoms with Crippen molar-refractivity contribution in [3.8, 4) is 22.3 Å².